The lowest BCUT2D eigenvalue weighted by atomic mass is 10.2. The molecule has 0 saturated heterocycles. The summed E-state index contributed by atoms with van der Waals surface area (Å²) in [5.41, 5.74) is 5.63. The standard InChI is InChI=1S/C9H17N3O2S/c1-3-8(10)6-11-15(13,14)9-4-5-12(2)7-9/h4-5,7-8,11H,3,6,10H2,1-2H3. The quantitative estimate of drug-likeness (QED) is 0.751. The number of hydrogen-bond donors (Lipinski definition) is 2. The molecule has 6 heteroatoms. The molecule has 5 nitrogen and oxygen atoms in total. The van der Waals surface area contributed by atoms with E-state index in [1.165, 1.54) is 0 Å². The summed E-state index contributed by atoms with van der Waals surface area (Å²) in [6.07, 6.45) is 3.99. The van der Waals surface area contributed by atoms with Crippen LogP contribution in [0.1, 0.15) is 13.3 Å². The molecule has 1 rings (SSSR count). The molecular weight excluding hydrogens is 214 g/mol. The molecule has 0 spiro atoms. The number of sulfonamides is 1. The van der Waals surface area contributed by atoms with Gasteiger partial charge < -0.3 is 10.3 Å². The fraction of sp³-hybridized carbons (Fsp3) is 0.556. The van der Waals surface area contributed by atoms with Crippen LogP contribution in [-0.2, 0) is 17.1 Å². The summed E-state index contributed by atoms with van der Waals surface area (Å²) >= 11 is 0. The van der Waals surface area contributed by atoms with E-state index < -0.39 is 10.0 Å². The Kier molecular flexibility index (Phi) is 3.90. The first-order valence-electron chi connectivity index (χ1n) is 4.83. The van der Waals surface area contributed by atoms with E-state index >= 15 is 0 Å². The SMILES string of the molecule is CCC(N)CNS(=O)(=O)c1ccn(C)c1. The maximum absolute atomic E-state index is 11.7. The number of nitrogens with two attached hydrogens (primary N) is 1. The summed E-state index contributed by atoms with van der Waals surface area (Å²) in [7, 11) is -1.62. The molecule has 1 heterocycles. The molecule has 3 N–H and O–H groups in total. The van der Waals surface area contributed by atoms with Crippen molar-refractivity contribution in [3.05, 3.63) is 18.5 Å². The van der Waals surface area contributed by atoms with Crippen LogP contribution in [0, 0.1) is 0 Å². The Bertz CT molecular complexity index is 411. The number of hydrogen-bond acceptors (Lipinski definition) is 3. The molecule has 15 heavy (non-hydrogen) atoms. The Morgan fingerprint density at radius 1 is 1.60 bits per heavy atom. The molecule has 86 valence electrons. The van der Waals surface area contributed by atoms with Crippen molar-refractivity contribution in [2.75, 3.05) is 6.54 Å². The second kappa shape index (κ2) is 4.78. The van der Waals surface area contributed by atoms with Gasteiger partial charge in [0.1, 0.15) is 0 Å². The van der Waals surface area contributed by atoms with Crippen molar-refractivity contribution < 1.29 is 8.42 Å². The third-order valence-corrected chi connectivity index (χ3v) is 3.58. The van der Waals surface area contributed by atoms with Gasteiger partial charge in [0.15, 0.2) is 0 Å². The van der Waals surface area contributed by atoms with E-state index in [1.54, 1.807) is 30.1 Å². The Morgan fingerprint density at radius 2 is 2.27 bits per heavy atom. The molecule has 0 amide bonds. The van der Waals surface area contributed by atoms with Crippen LogP contribution in [0.3, 0.4) is 0 Å². The number of nitrogens with zero attached hydrogens (tertiary/aromatic N) is 1. The van der Waals surface area contributed by atoms with Gasteiger partial charge in [0.25, 0.3) is 0 Å². The van der Waals surface area contributed by atoms with E-state index in [1.807, 2.05) is 6.92 Å². The Labute approximate surface area is 90.3 Å². The van der Waals surface area contributed by atoms with Crippen molar-refractivity contribution in [1.29, 1.82) is 0 Å². The molecular formula is C9H17N3O2S. The molecule has 0 radical (unpaired) electrons. The van der Waals surface area contributed by atoms with Gasteiger partial charge in [-0.05, 0) is 12.5 Å². The molecule has 0 bridgehead atoms. The van der Waals surface area contributed by atoms with Gasteiger partial charge >= 0.3 is 0 Å². The number of nitrogens with one attached hydrogen (secondary N) is 1. The highest BCUT2D eigenvalue weighted by Crippen LogP contribution is 2.07. The third kappa shape index (κ3) is 3.33. The molecule has 0 fully saturated rings. The average molecular weight is 231 g/mol. The second-order valence-electron chi connectivity index (χ2n) is 3.53. The van der Waals surface area contributed by atoms with Crippen LogP contribution in [0.4, 0.5) is 0 Å². The van der Waals surface area contributed by atoms with E-state index in [0.717, 1.165) is 6.42 Å². The molecule has 0 aromatic carbocycles. The molecule has 1 unspecified atom stereocenters. The average Bonchev–Trinajstić information content (AvgIpc) is 2.62. The predicted molar refractivity (Wildman–Crippen MR) is 58.9 cm³/mol. The van der Waals surface area contributed by atoms with Gasteiger partial charge in [-0.25, -0.2) is 13.1 Å². The summed E-state index contributed by atoms with van der Waals surface area (Å²) in [5, 5.41) is 0. The second-order valence-corrected chi connectivity index (χ2v) is 5.30. The highest BCUT2D eigenvalue weighted by Gasteiger charge is 2.15. The van der Waals surface area contributed by atoms with Crippen LogP contribution in [-0.4, -0.2) is 25.6 Å². The first-order chi connectivity index (χ1) is 6.95. The minimum atomic E-state index is -3.40. The van der Waals surface area contributed by atoms with E-state index in [9.17, 15) is 8.42 Å². The van der Waals surface area contributed by atoms with Crippen LogP contribution in [0.15, 0.2) is 23.4 Å². The van der Waals surface area contributed by atoms with Crippen LogP contribution >= 0.6 is 0 Å². The first kappa shape index (κ1) is 12.2. The highest BCUT2D eigenvalue weighted by molar-refractivity contribution is 7.89. The molecule has 0 aliphatic rings. The zero-order valence-electron chi connectivity index (χ0n) is 8.97. The normalized spacial score (nSPS) is 14.1. The van der Waals surface area contributed by atoms with E-state index in [-0.39, 0.29) is 17.5 Å². The van der Waals surface area contributed by atoms with Gasteiger partial charge in [-0.3, -0.25) is 0 Å². The van der Waals surface area contributed by atoms with Gasteiger partial charge in [0.2, 0.25) is 10.0 Å². The van der Waals surface area contributed by atoms with Crippen molar-refractivity contribution in [3.8, 4) is 0 Å². The third-order valence-electron chi connectivity index (χ3n) is 2.18. The molecule has 0 aliphatic heterocycles. The molecule has 1 aromatic rings. The summed E-state index contributed by atoms with van der Waals surface area (Å²) in [4.78, 5) is 0.272. The lowest BCUT2D eigenvalue weighted by Crippen LogP contribution is -2.36. The zero-order chi connectivity index (χ0) is 11.5. The number of aromatic nitrogens is 1. The van der Waals surface area contributed by atoms with Crippen molar-refractivity contribution in [2.24, 2.45) is 12.8 Å². The summed E-state index contributed by atoms with van der Waals surface area (Å²) in [5.74, 6) is 0. The number of aryl methyl sites for hydroxylation is 1. The largest absolute Gasteiger partial charge is 0.356 e. The van der Waals surface area contributed by atoms with Crippen LogP contribution in [0.2, 0.25) is 0 Å². The van der Waals surface area contributed by atoms with Crippen LogP contribution in [0.25, 0.3) is 0 Å². The van der Waals surface area contributed by atoms with Gasteiger partial charge in [-0.15, -0.1) is 0 Å². The van der Waals surface area contributed by atoms with E-state index in [2.05, 4.69) is 4.72 Å². The topological polar surface area (TPSA) is 77.1 Å². The number of rotatable bonds is 5. The summed E-state index contributed by atoms with van der Waals surface area (Å²) in [6.45, 7) is 2.19. The van der Waals surface area contributed by atoms with E-state index in [0.29, 0.717) is 0 Å². The molecule has 0 aliphatic carbocycles. The Hall–Kier alpha value is -0.850. The maximum atomic E-state index is 11.7. The Morgan fingerprint density at radius 3 is 2.73 bits per heavy atom. The fourth-order valence-corrected chi connectivity index (χ4v) is 2.23. The van der Waals surface area contributed by atoms with Crippen LogP contribution < -0.4 is 10.5 Å². The molecule has 1 aromatic heterocycles. The predicted octanol–water partition coefficient (Wildman–Crippen LogP) is 0.0407. The smallest absolute Gasteiger partial charge is 0.242 e. The van der Waals surface area contributed by atoms with Crippen LogP contribution in [0.5, 0.6) is 0 Å². The summed E-state index contributed by atoms with van der Waals surface area (Å²) in [6, 6.07) is 1.42. The van der Waals surface area contributed by atoms with Gasteiger partial charge in [0.05, 0.1) is 4.90 Å². The van der Waals surface area contributed by atoms with Gasteiger partial charge in [0, 0.05) is 32.0 Å². The lowest BCUT2D eigenvalue weighted by Gasteiger charge is -2.09. The van der Waals surface area contributed by atoms with Gasteiger partial charge in [-0.2, -0.15) is 0 Å². The lowest BCUT2D eigenvalue weighted by molar-refractivity contribution is 0.564. The maximum Gasteiger partial charge on any atom is 0.242 e. The van der Waals surface area contributed by atoms with Crippen molar-refractivity contribution in [3.63, 3.8) is 0 Å². The zero-order valence-corrected chi connectivity index (χ0v) is 9.79. The summed E-state index contributed by atoms with van der Waals surface area (Å²) < 4.78 is 27.5. The highest BCUT2D eigenvalue weighted by atomic mass is 32.2. The van der Waals surface area contributed by atoms with Crippen molar-refractivity contribution >= 4 is 10.0 Å². The van der Waals surface area contributed by atoms with Gasteiger partial charge in [-0.1, -0.05) is 6.92 Å². The van der Waals surface area contributed by atoms with Crippen molar-refractivity contribution in [2.45, 2.75) is 24.3 Å². The van der Waals surface area contributed by atoms with Crippen molar-refractivity contribution in [1.82, 2.24) is 9.29 Å². The fourth-order valence-electron chi connectivity index (χ4n) is 1.08. The minimum Gasteiger partial charge on any atom is -0.356 e. The molecule has 0 saturated carbocycles. The monoisotopic (exact) mass is 231 g/mol. The minimum absolute atomic E-state index is 0.136. The van der Waals surface area contributed by atoms with E-state index in [4.69, 9.17) is 5.73 Å². The molecule has 1 atom stereocenters. The first-order valence-corrected chi connectivity index (χ1v) is 6.31. The Balaban J connectivity index is 2.68.